The number of aryl methyl sites for hydroxylation is 1. The zero-order valence-corrected chi connectivity index (χ0v) is 12.0. The summed E-state index contributed by atoms with van der Waals surface area (Å²) in [6.45, 7) is 1.98. The molecule has 2 aromatic heterocycles. The van der Waals surface area contributed by atoms with Gasteiger partial charge in [0.15, 0.2) is 10.3 Å². The molecule has 5 heteroatoms. The van der Waals surface area contributed by atoms with Crippen molar-refractivity contribution in [2.75, 3.05) is 0 Å². The molecule has 2 heterocycles. The number of benzene rings is 2. The van der Waals surface area contributed by atoms with Crippen LogP contribution in [0.3, 0.4) is 0 Å². The summed E-state index contributed by atoms with van der Waals surface area (Å²) in [5.74, 6) is 0. The Labute approximate surface area is 124 Å². The predicted molar refractivity (Wildman–Crippen MR) is 81.6 cm³/mol. The third kappa shape index (κ3) is 1.48. The monoisotopic (exact) mass is 302 g/mol. The molecule has 0 aliphatic heterocycles. The second-order valence-electron chi connectivity index (χ2n) is 4.70. The standard InChI is InChI=1S/C15H8Cl2N2O/c1-7-6-9-12(15(17)19-18-14(9)16)11-8-4-2-3-5-10(8)20-13(7)11/h2-6H,1H3. The minimum absolute atomic E-state index is 0.334. The molecule has 0 bridgehead atoms. The SMILES string of the molecule is Cc1cc2c(Cl)nnc(Cl)c2c2c1oc1ccccc12. The number of hydrogen-bond donors (Lipinski definition) is 0. The lowest BCUT2D eigenvalue weighted by molar-refractivity contribution is 0.666. The Hall–Kier alpha value is -1.84. The fraction of sp³-hybridized carbons (Fsp3) is 0.0667. The highest BCUT2D eigenvalue weighted by atomic mass is 35.5. The lowest BCUT2D eigenvalue weighted by atomic mass is 10.0. The molecule has 3 nitrogen and oxygen atoms in total. The smallest absolute Gasteiger partial charge is 0.160 e. The van der Waals surface area contributed by atoms with Crippen molar-refractivity contribution in [2.45, 2.75) is 6.92 Å². The van der Waals surface area contributed by atoms with E-state index in [1.807, 2.05) is 37.3 Å². The summed E-state index contributed by atoms with van der Waals surface area (Å²) in [4.78, 5) is 0. The van der Waals surface area contributed by atoms with E-state index >= 15 is 0 Å². The highest BCUT2D eigenvalue weighted by Crippen LogP contribution is 2.40. The van der Waals surface area contributed by atoms with E-state index in [1.54, 1.807) is 0 Å². The summed E-state index contributed by atoms with van der Waals surface area (Å²) in [5, 5.41) is 12.0. The van der Waals surface area contributed by atoms with E-state index in [1.165, 1.54) is 0 Å². The van der Waals surface area contributed by atoms with Gasteiger partial charge in [-0.3, -0.25) is 0 Å². The van der Waals surface area contributed by atoms with Crippen molar-refractivity contribution in [2.24, 2.45) is 0 Å². The summed E-state index contributed by atoms with van der Waals surface area (Å²) in [5.41, 5.74) is 2.63. The van der Waals surface area contributed by atoms with Gasteiger partial charge in [0.05, 0.1) is 0 Å². The van der Waals surface area contributed by atoms with Gasteiger partial charge in [-0.2, -0.15) is 0 Å². The number of fused-ring (bicyclic) bond motifs is 5. The van der Waals surface area contributed by atoms with Gasteiger partial charge >= 0.3 is 0 Å². The summed E-state index contributed by atoms with van der Waals surface area (Å²) in [6, 6.07) is 9.78. The van der Waals surface area contributed by atoms with Gasteiger partial charge in [-0.25, -0.2) is 0 Å². The van der Waals surface area contributed by atoms with Crippen LogP contribution >= 0.6 is 23.2 Å². The molecule has 0 unspecified atom stereocenters. The molecule has 0 saturated heterocycles. The van der Waals surface area contributed by atoms with Crippen LogP contribution in [0.4, 0.5) is 0 Å². The third-order valence-electron chi connectivity index (χ3n) is 3.49. The van der Waals surface area contributed by atoms with Crippen LogP contribution in [0.15, 0.2) is 34.7 Å². The molecule has 0 aliphatic carbocycles. The normalized spacial score (nSPS) is 11.8. The topological polar surface area (TPSA) is 38.9 Å². The molecular formula is C15H8Cl2N2O. The van der Waals surface area contributed by atoms with Crippen LogP contribution < -0.4 is 0 Å². The molecule has 20 heavy (non-hydrogen) atoms. The van der Waals surface area contributed by atoms with Gasteiger partial charge < -0.3 is 4.42 Å². The number of nitrogens with zero attached hydrogens (tertiary/aromatic N) is 2. The predicted octanol–water partition coefficient (Wildman–Crippen LogP) is 5.14. The number of hydrogen-bond acceptors (Lipinski definition) is 3. The Morgan fingerprint density at radius 2 is 1.70 bits per heavy atom. The van der Waals surface area contributed by atoms with Gasteiger partial charge in [0.25, 0.3) is 0 Å². The fourth-order valence-corrected chi connectivity index (χ4v) is 3.05. The zero-order chi connectivity index (χ0) is 13.9. The van der Waals surface area contributed by atoms with Crippen molar-refractivity contribution in [3.05, 3.63) is 46.2 Å². The Morgan fingerprint density at radius 1 is 0.950 bits per heavy atom. The Kier molecular flexibility index (Phi) is 2.43. The van der Waals surface area contributed by atoms with Gasteiger partial charge in [0, 0.05) is 21.5 Å². The van der Waals surface area contributed by atoms with E-state index in [2.05, 4.69) is 10.2 Å². The molecule has 98 valence electrons. The molecule has 0 saturated carbocycles. The second-order valence-corrected chi connectivity index (χ2v) is 5.42. The quantitative estimate of drug-likeness (QED) is 0.451. The van der Waals surface area contributed by atoms with E-state index in [4.69, 9.17) is 27.6 Å². The first-order valence-corrected chi connectivity index (χ1v) is 6.84. The fourth-order valence-electron chi connectivity index (χ4n) is 2.63. The van der Waals surface area contributed by atoms with Gasteiger partial charge in [0.1, 0.15) is 11.2 Å². The van der Waals surface area contributed by atoms with Crippen LogP contribution in [0.25, 0.3) is 32.7 Å². The van der Waals surface area contributed by atoms with Crippen molar-refractivity contribution in [1.29, 1.82) is 0 Å². The number of furan rings is 1. The van der Waals surface area contributed by atoms with E-state index in [9.17, 15) is 0 Å². The van der Waals surface area contributed by atoms with Crippen LogP contribution in [0, 0.1) is 6.92 Å². The largest absolute Gasteiger partial charge is 0.456 e. The summed E-state index contributed by atoms with van der Waals surface area (Å²) < 4.78 is 5.94. The maximum Gasteiger partial charge on any atom is 0.160 e. The number of rotatable bonds is 0. The minimum atomic E-state index is 0.334. The molecule has 0 aliphatic rings. The van der Waals surface area contributed by atoms with E-state index in [-0.39, 0.29) is 0 Å². The molecule has 4 rings (SSSR count). The molecule has 2 aromatic carbocycles. The Morgan fingerprint density at radius 3 is 2.55 bits per heavy atom. The molecule has 4 aromatic rings. The first kappa shape index (κ1) is 11.9. The Bertz CT molecular complexity index is 992. The molecule has 0 fully saturated rings. The highest BCUT2D eigenvalue weighted by Gasteiger charge is 2.17. The summed E-state index contributed by atoms with van der Waals surface area (Å²) >= 11 is 12.4. The van der Waals surface area contributed by atoms with Gasteiger partial charge in [0.2, 0.25) is 0 Å². The van der Waals surface area contributed by atoms with E-state index in [0.717, 1.165) is 38.3 Å². The first-order chi connectivity index (χ1) is 9.66. The van der Waals surface area contributed by atoms with Crippen molar-refractivity contribution < 1.29 is 4.42 Å². The van der Waals surface area contributed by atoms with Crippen LogP contribution in [0.1, 0.15) is 5.56 Å². The molecule has 0 spiro atoms. The maximum atomic E-state index is 6.24. The molecule has 0 atom stereocenters. The van der Waals surface area contributed by atoms with Crippen molar-refractivity contribution in [3.63, 3.8) is 0 Å². The molecular weight excluding hydrogens is 295 g/mol. The minimum Gasteiger partial charge on any atom is -0.456 e. The van der Waals surface area contributed by atoms with Crippen LogP contribution in [0.5, 0.6) is 0 Å². The third-order valence-corrected chi connectivity index (χ3v) is 4.03. The highest BCUT2D eigenvalue weighted by molar-refractivity contribution is 6.41. The number of aromatic nitrogens is 2. The summed E-state index contributed by atoms with van der Waals surface area (Å²) in [6.07, 6.45) is 0. The molecule has 0 radical (unpaired) electrons. The van der Waals surface area contributed by atoms with E-state index < -0.39 is 0 Å². The van der Waals surface area contributed by atoms with Crippen molar-refractivity contribution in [3.8, 4) is 0 Å². The van der Waals surface area contributed by atoms with Crippen LogP contribution in [-0.4, -0.2) is 10.2 Å². The van der Waals surface area contributed by atoms with Crippen LogP contribution in [0.2, 0.25) is 10.3 Å². The maximum absolute atomic E-state index is 6.24. The average Bonchev–Trinajstić information content (AvgIpc) is 2.83. The zero-order valence-electron chi connectivity index (χ0n) is 10.4. The van der Waals surface area contributed by atoms with E-state index in [0.29, 0.717) is 10.3 Å². The molecule has 0 N–H and O–H groups in total. The Balaban J connectivity index is 2.43. The number of para-hydroxylation sites is 1. The van der Waals surface area contributed by atoms with Crippen molar-refractivity contribution in [1.82, 2.24) is 10.2 Å². The van der Waals surface area contributed by atoms with Gasteiger partial charge in [-0.05, 0) is 24.6 Å². The van der Waals surface area contributed by atoms with Gasteiger partial charge in [-0.1, -0.05) is 41.4 Å². The average molecular weight is 303 g/mol. The van der Waals surface area contributed by atoms with Gasteiger partial charge in [-0.15, -0.1) is 10.2 Å². The van der Waals surface area contributed by atoms with Crippen molar-refractivity contribution >= 4 is 55.9 Å². The summed E-state index contributed by atoms with van der Waals surface area (Å²) in [7, 11) is 0. The first-order valence-electron chi connectivity index (χ1n) is 6.09. The van der Waals surface area contributed by atoms with Crippen LogP contribution in [-0.2, 0) is 0 Å². The lowest BCUT2D eigenvalue weighted by Crippen LogP contribution is -1.89. The second kappa shape index (κ2) is 4.08. The molecule has 0 amide bonds. The lowest BCUT2D eigenvalue weighted by Gasteiger charge is -2.04. The number of halogens is 2.